The summed E-state index contributed by atoms with van der Waals surface area (Å²) in [5.41, 5.74) is 0. The van der Waals surface area contributed by atoms with Crippen molar-refractivity contribution in [2.75, 3.05) is 11.9 Å². The number of nitro groups is 1. The molecular formula is C9H15N3O3S. The van der Waals surface area contributed by atoms with Crippen molar-refractivity contribution in [2.24, 2.45) is 5.92 Å². The van der Waals surface area contributed by atoms with Gasteiger partial charge >= 0.3 is 5.00 Å². The lowest BCUT2D eigenvalue weighted by molar-refractivity contribution is -0.380. The Morgan fingerprint density at radius 3 is 2.88 bits per heavy atom. The predicted octanol–water partition coefficient (Wildman–Crippen LogP) is 1.87. The lowest BCUT2D eigenvalue weighted by atomic mass is 10.1. The number of aliphatic hydroxyl groups excluding tert-OH is 1. The lowest BCUT2D eigenvalue weighted by Crippen LogP contribution is -2.21. The molecule has 0 fully saturated rings. The van der Waals surface area contributed by atoms with Gasteiger partial charge in [0.2, 0.25) is 0 Å². The summed E-state index contributed by atoms with van der Waals surface area (Å²) >= 11 is 0.969. The first-order valence-electron chi connectivity index (χ1n) is 5.01. The number of nitrogens with one attached hydrogen (secondary N) is 1. The quantitative estimate of drug-likeness (QED) is 0.590. The van der Waals surface area contributed by atoms with E-state index in [4.69, 9.17) is 0 Å². The second-order valence-electron chi connectivity index (χ2n) is 3.93. The summed E-state index contributed by atoms with van der Waals surface area (Å²) in [5, 5.41) is 23.3. The van der Waals surface area contributed by atoms with Crippen molar-refractivity contribution in [3.63, 3.8) is 0 Å². The van der Waals surface area contributed by atoms with Crippen molar-refractivity contribution >= 4 is 21.5 Å². The number of nitrogens with zero attached hydrogens (tertiary/aromatic N) is 2. The third-order valence-corrected chi connectivity index (χ3v) is 2.81. The number of hydrogen-bond acceptors (Lipinski definition) is 6. The maximum absolute atomic E-state index is 10.4. The molecule has 2 N–H and O–H groups in total. The van der Waals surface area contributed by atoms with E-state index in [1.165, 1.54) is 6.20 Å². The molecule has 90 valence electrons. The van der Waals surface area contributed by atoms with Crippen LogP contribution in [-0.4, -0.2) is 27.7 Å². The summed E-state index contributed by atoms with van der Waals surface area (Å²) in [6, 6.07) is 0. The number of aromatic nitrogens is 1. The van der Waals surface area contributed by atoms with Gasteiger partial charge in [-0.1, -0.05) is 13.8 Å². The zero-order valence-corrected chi connectivity index (χ0v) is 10.0. The van der Waals surface area contributed by atoms with Gasteiger partial charge in [0.15, 0.2) is 5.13 Å². The van der Waals surface area contributed by atoms with E-state index in [-0.39, 0.29) is 5.00 Å². The predicted molar refractivity (Wildman–Crippen MR) is 62.7 cm³/mol. The first kappa shape index (κ1) is 12.9. The molecule has 0 aliphatic carbocycles. The second-order valence-corrected chi connectivity index (χ2v) is 4.93. The van der Waals surface area contributed by atoms with Gasteiger partial charge in [-0.15, -0.1) is 0 Å². The SMILES string of the molecule is CC(C)CC(O)CNc1ncc([N+](=O)[O-])s1. The third kappa shape index (κ3) is 4.11. The van der Waals surface area contributed by atoms with Crippen LogP contribution in [0.5, 0.6) is 0 Å². The fourth-order valence-electron chi connectivity index (χ4n) is 1.26. The van der Waals surface area contributed by atoms with Crippen LogP contribution in [0.15, 0.2) is 6.20 Å². The molecule has 0 radical (unpaired) electrons. The highest BCUT2D eigenvalue weighted by Gasteiger charge is 2.12. The topological polar surface area (TPSA) is 88.3 Å². The van der Waals surface area contributed by atoms with Gasteiger partial charge in [-0.2, -0.15) is 0 Å². The average Bonchev–Trinajstić information content (AvgIpc) is 2.61. The molecule has 1 aromatic rings. The fraction of sp³-hybridized carbons (Fsp3) is 0.667. The third-order valence-electron chi connectivity index (χ3n) is 1.91. The van der Waals surface area contributed by atoms with Crippen LogP contribution in [-0.2, 0) is 0 Å². The molecule has 0 saturated heterocycles. The molecule has 1 rings (SSSR count). The highest BCUT2D eigenvalue weighted by molar-refractivity contribution is 7.18. The Hall–Kier alpha value is -1.21. The van der Waals surface area contributed by atoms with E-state index in [1.54, 1.807) is 0 Å². The monoisotopic (exact) mass is 245 g/mol. The van der Waals surface area contributed by atoms with E-state index in [9.17, 15) is 15.2 Å². The van der Waals surface area contributed by atoms with E-state index in [0.29, 0.717) is 24.0 Å². The molecule has 0 aromatic carbocycles. The molecule has 0 amide bonds. The molecule has 0 saturated carbocycles. The zero-order valence-electron chi connectivity index (χ0n) is 9.21. The number of aliphatic hydroxyl groups is 1. The number of thiazole rings is 1. The number of rotatable bonds is 6. The van der Waals surface area contributed by atoms with Crippen molar-refractivity contribution in [3.05, 3.63) is 16.3 Å². The Balaban J connectivity index is 2.39. The maximum atomic E-state index is 10.4. The normalized spacial score (nSPS) is 12.8. The smallest absolute Gasteiger partial charge is 0.345 e. The first-order valence-corrected chi connectivity index (χ1v) is 5.83. The summed E-state index contributed by atoms with van der Waals surface area (Å²) in [6.45, 7) is 4.41. The molecule has 7 heteroatoms. The standard InChI is InChI=1S/C9H15N3O3S/c1-6(2)3-7(13)4-10-9-11-5-8(16-9)12(14)15/h5-7,13H,3-4H2,1-2H3,(H,10,11). The van der Waals surface area contributed by atoms with Crippen molar-refractivity contribution in [1.82, 2.24) is 4.98 Å². The Morgan fingerprint density at radius 2 is 2.38 bits per heavy atom. The lowest BCUT2D eigenvalue weighted by Gasteiger charge is -2.12. The highest BCUT2D eigenvalue weighted by Crippen LogP contribution is 2.24. The Bertz CT molecular complexity index is 354. The molecule has 16 heavy (non-hydrogen) atoms. The van der Waals surface area contributed by atoms with Crippen LogP contribution in [0.25, 0.3) is 0 Å². The van der Waals surface area contributed by atoms with Gasteiger partial charge in [0, 0.05) is 6.54 Å². The van der Waals surface area contributed by atoms with Crippen LogP contribution in [0.1, 0.15) is 20.3 Å². The molecule has 1 aromatic heterocycles. The van der Waals surface area contributed by atoms with E-state index in [2.05, 4.69) is 10.3 Å². The van der Waals surface area contributed by atoms with Gasteiger partial charge in [0.25, 0.3) is 0 Å². The van der Waals surface area contributed by atoms with Gasteiger partial charge in [0.1, 0.15) is 6.20 Å². The van der Waals surface area contributed by atoms with Gasteiger partial charge < -0.3 is 10.4 Å². The number of hydrogen-bond donors (Lipinski definition) is 2. The summed E-state index contributed by atoms with van der Waals surface area (Å²) in [4.78, 5) is 13.8. The summed E-state index contributed by atoms with van der Waals surface area (Å²) < 4.78 is 0. The molecule has 1 heterocycles. The molecule has 0 spiro atoms. The Kier molecular flexibility index (Phi) is 4.63. The van der Waals surface area contributed by atoms with Crippen LogP contribution in [0.3, 0.4) is 0 Å². The second kappa shape index (κ2) is 5.76. The van der Waals surface area contributed by atoms with Crippen molar-refractivity contribution in [3.8, 4) is 0 Å². The van der Waals surface area contributed by atoms with E-state index < -0.39 is 11.0 Å². The van der Waals surface area contributed by atoms with Gasteiger partial charge in [-0.3, -0.25) is 10.1 Å². The van der Waals surface area contributed by atoms with Crippen LogP contribution >= 0.6 is 11.3 Å². The van der Waals surface area contributed by atoms with Crippen molar-refractivity contribution in [2.45, 2.75) is 26.4 Å². The fourth-order valence-corrected chi connectivity index (χ4v) is 1.90. The number of anilines is 1. The Labute approximate surface area is 97.5 Å². The van der Waals surface area contributed by atoms with Crippen LogP contribution in [0.2, 0.25) is 0 Å². The molecule has 1 atom stereocenters. The summed E-state index contributed by atoms with van der Waals surface area (Å²) in [7, 11) is 0. The van der Waals surface area contributed by atoms with Gasteiger partial charge in [0.05, 0.1) is 11.0 Å². The minimum absolute atomic E-state index is 0.000786. The van der Waals surface area contributed by atoms with E-state index in [1.807, 2.05) is 13.8 Å². The maximum Gasteiger partial charge on any atom is 0.345 e. The van der Waals surface area contributed by atoms with Gasteiger partial charge in [-0.25, -0.2) is 4.98 Å². The molecule has 0 aliphatic rings. The Morgan fingerprint density at radius 1 is 1.69 bits per heavy atom. The van der Waals surface area contributed by atoms with Crippen LogP contribution < -0.4 is 5.32 Å². The average molecular weight is 245 g/mol. The first-order chi connectivity index (χ1) is 7.49. The summed E-state index contributed by atoms with van der Waals surface area (Å²) in [6.07, 6.45) is 1.45. The molecular weight excluding hydrogens is 230 g/mol. The van der Waals surface area contributed by atoms with Gasteiger partial charge in [-0.05, 0) is 23.7 Å². The largest absolute Gasteiger partial charge is 0.391 e. The molecule has 1 unspecified atom stereocenters. The minimum atomic E-state index is -0.479. The minimum Gasteiger partial charge on any atom is -0.391 e. The molecule has 6 nitrogen and oxygen atoms in total. The van der Waals surface area contributed by atoms with E-state index in [0.717, 1.165) is 11.3 Å². The molecule has 0 bridgehead atoms. The summed E-state index contributed by atoms with van der Waals surface area (Å²) in [5.74, 6) is 0.419. The van der Waals surface area contributed by atoms with Crippen LogP contribution in [0, 0.1) is 16.0 Å². The van der Waals surface area contributed by atoms with Crippen LogP contribution in [0.4, 0.5) is 10.1 Å². The van der Waals surface area contributed by atoms with E-state index >= 15 is 0 Å². The zero-order chi connectivity index (χ0) is 12.1. The highest BCUT2D eigenvalue weighted by atomic mass is 32.1. The molecule has 0 aliphatic heterocycles. The van der Waals surface area contributed by atoms with Crippen molar-refractivity contribution in [1.29, 1.82) is 0 Å². The van der Waals surface area contributed by atoms with Crippen molar-refractivity contribution < 1.29 is 10.0 Å².